The van der Waals surface area contributed by atoms with Gasteiger partial charge in [-0.05, 0) is 23.3 Å². The first-order valence-electron chi connectivity index (χ1n) is 7.85. The zero-order valence-corrected chi connectivity index (χ0v) is 13.3. The van der Waals surface area contributed by atoms with Gasteiger partial charge < -0.3 is 14.4 Å². The number of rotatable bonds is 4. The lowest BCUT2D eigenvalue weighted by molar-refractivity contribution is -0.141. The largest absolute Gasteiger partial charge is 0.468 e. The topological polar surface area (TPSA) is 38.8 Å². The number of morpholine rings is 1. The quantitative estimate of drug-likeness (QED) is 0.814. The molecule has 4 heteroatoms. The molecule has 0 spiro atoms. The van der Waals surface area contributed by atoms with Gasteiger partial charge in [0.25, 0.3) is 0 Å². The second kappa shape index (κ2) is 7.29. The SMILES string of the molecule is COC(=O)[C@H](c1ccccc1)c1ccc(N2CCOCC2)cc1. The molecule has 0 N–H and O–H groups in total. The fraction of sp³-hybridized carbons (Fsp3) is 0.316. The Hall–Kier alpha value is -2.33. The molecular weight excluding hydrogens is 290 g/mol. The van der Waals surface area contributed by atoms with Crippen molar-refractivity contribution in [1.29, 1.82) is 0 Å². The number of methoxy groups -OCH3 is 1. The number of carbonyl (C=O) groups is 1. The first-order chi connectivity index (χ1) is 11.3. The molecule has 2 aromatic carbocycles. The monoisotopic (exact) mass is 311 g/mol. The van der Waals surface area contributed by atoms with Gasteiger partial charge in [-0.3, -0.25) is 4.79 Å². The van der Waals surface area contributed by atoms with E-state index in [-0.39, 0.29) is 11.9 Å². The number of hydrogen-bond acceptors (Lipinski definition) is 4. The van der Waals surface area contributed by atoms with Crippen LogP contribution in [-0.2, 0) is 14.3 Å². The van der Waals surface area contributed by atoms with Crippen molar-refractivity contribution in [3.63, 3.8) is 0 Å². The molecule has 1 aliphatic heterocycles. The second-order valence-electron chi connectivity index (χ2n) is 5.56. The van der Waals surface area contributed by atoms with Crippen molar-refractivity contribution in [3.05, 3.63) is 65.7 Å². The molecule has 0 radical (unpaired) electrons. The van der Waals surface area contributed by atoms with E-state index >= 15 is 0 Å². The molecule has 0 amide bonds. The van der Waals surface area contributed by atoms with Crippen LogP contribution in [0.25, 0.3) is 0 Å². The van der Waals surface area contributed by atoms with Crippen LogP contribution in [0, 0.1) is 0 Å². The van der Waals surface area contributed by atoms with Gasteiger partial charge in [0.2, 0.25) is 0 Å². The number of anilines is 1. The smallest absolute Gasteiger partial charge is 0.317 e. The Bertz CT molecular complexity index is 633. The Morgan fingerprint density at radius 3 is 2.22 bits per heavy atom. The van der Waals surface area contributed by atoms with E-state index in [9.17, 15) is 4.79 Å². The summed E-state index contributed by atoms with van der Waals surface area (Å²) in [6.07, 6.45) is 0. The highest BCUT2D eigenvalue weighted by Crippen LogP contribution is 2.28. The molecule has 0 aromatic heterocycles. The maximum Gasteiger partial charge on any atom is 0.317 e. The molecule has 1 saturated heterocycles. The van der Waals surface area contributed by atoms with E-state index in [1.165, 1.54) is 7.11 Å². The zero-order chi connectivity index (χ0) is 16.1. The van der Waals surface area contributed by atoms with Crippen molar-refractivity contribution in [3.8, 4) is 0 Å². The molecular formula is C19H21NO3. The molecule has 0 saturated carbocycles. The number of ether oxygens (including phenoxy) is 2. The van der Waals surface area contributed by atoms with E-state index in [1.54, 1.807) is 0 Å². The van der Waals surface area contributed by atoms with Gasteiger partial charge in [-0.25, -0.2) is 0 Å². The molecule has 0 unspecified atom stereocenters. The maximum absolute atomic E-state index is 12.3. The van der Waals surface area contributed by atoms with Crippen LogP contribution in [0.4, 0.5) is 5.69 Å². The lowest BCUT2D eigenvalue weighted by Gasteiger charge is -2.29. The standard InChI is InChI=1S/C19H21NO3/c1-22-19(21)18(15-5-3-2-4-6-15)16-7-9-17(10-8-16)20-11-13-23-14-12-20/h2-10,18H,11-14H2,1H3/t18-/m1/s1. The molecule has 120 valence electrons. The first-order valence-corrected chi connectivity index (χ1v) is 7.85. The Labute approximate surface area is 136 Å². The third-order valence-electron chi connectivity index (χ3n) is 4.17. The molecule has 4 nitrogen and oxygen atoms in total. The highest BCUT2D eigenvalue weighted by molar-refractivity contribution is 5.82. The maximum atomic E-state index is 12.3. The van der Waals surface area contributed by atoms with Crippen LogP contribution in [0.1, 0.15) is 17.0 Å². The van der Waals surface area contributed by atoms with Gasteiger partial charge in [0, 0.05) is 18.8 Å². The van der Waals surface area contributed by atoms with Crippen molar-refractivity contribution >= 4 is 11.7 Å². The summed E-state index contributed by atoms with van der Waals surface area (Å²) in [5.74, 6) is -0.629. The molecule has 1 fully saturated rings. The van der Waals surface area contributed by atoms with E-state index in [0.717, 1.165) is 43.1 Å². The van der Waals surface area contributed by atoms with Crippen molar-refractivity contribution in [2.24, 2.45) is 0 Å². The normalized spacial score (nSPS) is 16.0. The lowest BCUT2D eigenvalue weighted by Crippen LogP contribution is -2.36. The summed E-state index contributed by atoms with van der Waals surface area (Å²) in [7, 11) is 1.43. The van der Waals surface area contributed by atoms with Crippen LogP contribution in [0.5, 0.6) is 0 Å². The van der Waals surface area contributed by atoms with Crippen molar-refractivity contribution in [1.82, 2.24) is 0 Å². The summed E-state index contributed by atoms with van der Waals surface area (Å²) in [6.45, 7) is 3.32. The summed E-state index contributed by atoms with van der Waals surface area (Å²) in [4.78, 5) is 14.5. The predicted molar refractivity (Wildman–Crippen MR) is 89.8 cm³/mol. The number of hydrogen-bond donors (Lipinski definition) is 0. The zero-order valence-electron chi connectivity index (χ0n) is 13.3. The van der Waals surface area contributed by atoms with Crippen LogP contribution in [0.3, 0.4) is 0 Å². The average molecular weight is 311 g/mol. The molecule has 2 aromatic rings. The van der Waals surface area contributed by atoms with Crippen molar-refractivity contribution in [2.75, 3.05) is 38.3 Å². The van der Waals surface area contributed by atoms with E-state index < -0.39 is 0 Å². The second-order valence-corrected chi connectivity index (χ2v) is 5.56. The molecule has 1 atom stereocenters. The minimum atomic E-state index is -0.389. The Morgan fingerprint density at radius 2 is 1.61 bits per heavy atom. The highest BCUT2D eigenvalue weighted by Gasteiger charge is 2.23. The minimum Gasteiger partial charge on any atom is -0.468 e. The first kappa shape index (κ1) is 15.6. The summed E-state index contributed by atoms with van der Waals surface area (Å²) in [6, 6.07) is 17.9. The molecule has 23 heavy (non-hydrogen) atoms. The van der Waals surface area contributed by atoms with Gasteiger partial charge in [-0.15, -0.1) is 0 Å². The van der Waals surface area contributed by atoms with Crippen LogP contribution in [0.15, 0.2) is 54.6 Å². The Morgan fingerprint density at radius 1 is 1.00 bits per heavy atom. The Balaban J connectivity index is 1.86. The Kier molecular flexibility index (Phi) is 4.93. The van der Waals surface area contributed by atoms with Crippen LogP contribution in [0.2, 0.25) is 0 Å². The van der Waals surface area contributed by atoms with Crippen LogP contribution in [-0.4, -0.2) is 39.4 Å². The number of benzene rings is 2. The van der Waals surface area contributed by atoms with Crippen molar-refractivity contribution < 1.29 is 14.3 Å². The molecule has 0 aliphatic carbocycles. The number of carbonyl (C=O) groups excluding carboxylic acids is 1. The fourth-order valence-corrected chi connectivity index (χ4v) is 2.93. The summed E-state index contributed by atoms with van der Waals surface area (Å²) >= 11 is 0. The fourth-order valence-electron chi connectivity index (χ4n) is 2.93. The van der Waals surface area contributed by atoms with Gasteiger partial charge >= 0.3 is 5.97 Å². The molecule has 1 aliphatic rings. The molecule has 1 heterocycles. The third kappa shape index (κ3) is 3.54. The third-order valence-corrected chi connectivity index (χ3v) is 4.17. The van der Waals surface area contributed by atoms with E-state index in [4.69, 9.17) is 9.47 Å². The van der Waals surface area contributed by atoms with Gasteiger partial charge in [-0.2, -0.15) is 0 Å². The van der Waals surface area contributed by atoms with E-state index in [1.807, 2.05) is 42.5 Å². The van der Waals surface area contributed by atoms with E-state index in [0.29, 0.717) is 0 Å². The van der Waals surface area contributed by atoms with Gasteiger partial charge in [0.05, 0.1) is 20.3 Å². The number of nitrogens with zero attached hydrogens (tertiary/aromatic N) is 1. The van der Waals surface area contributed by atoms with Crippen LogP contribution < -0.4 is 4.90 Å². The van der Waals surface area contributed by atoms with Crippen molar-refractivity contribution in [2.45, 2.75) is 5.92 Å². The average Bonchev–Trinajstić information content (AvgIpc) is 2.64. The van der Waals surface area contributed by atoms with E-state index in [2.05, 4.69) is 17.0 Å². The molecule has 0 bridgehead atoms. The summed E-state index contributed by atoms with van der Waals surface area (Å²) < 4.78 is 10.4. The minimum absolute atomic E-state index is 0.240. The highest BCUT2D eigenvalue weighted by atomic mass is 16.5. The molecule has 3 rings (SSSR count). The predicted octanol–water partition coefficient (Wildman–Crippen LogP) is 2.83. The van der Waals surface area contributed by atoms with Gasteiger partial charge in [0.15, 0.2) is 0 Å². The summed E-state index contributed by atoms with van der Waals surface area (Å²) in [5, 5.41) is 0. The number of esters is 1. The van der Waals surface area contributed by atoms with Gasteiger partial charge in [0.1, 0.15) is 5.92 Å². The van der Waals surface area contributed by atoms with Crippen LogP contribution >= 0.6 is 0 Å². The van der Waals surface area contributed by atoms with Gasteiger partial charge in [-0.1, -0.05) is 42.5 Å². The summed E-state index contributed by atoms with van der Waals surface area (Å²) in [5.41, 5.74) is 3.05. The lowest BCUT2D eigenvalue weighted by atomic mass is 9.91.